The number of amides is 2. The SMILES string of the molecule is CS(=O)(=O)Nc1ccccc1CNC(=O)C1CC(=O)N(c2ccc3c(c2)OCO3)C1. The minimum Gasteiger partial charge on any atom is -0.454 e. The highest BCUT2D eigenvalue weighted by molar-refractivity contribution is 7.92. The molecule has 2 aliphatic heterocycles. The van der Waals surface area contributed by atoms with Gasteiger partial charge in [-0.1, -0.05) is 18.2 Å². The fourth-order valence-corrected chi connectivity index (χ4v) is 4.08. The second kappa shape index (κ2) is 7.86. The van der Waals surface area contributed by atoms with E-state index < -0.39 is 15.9 Å². The van der Waals surface area contributed by atoms with Crippen LogP contribution >= 0.6 is 0 Å². The Morgan fingerprint density at radius 3 is 2.73 bits per heavy atom. The summed E-state index contributed by atoms with van der Waals surface area (Å²) in [4.78, 5) is 26.7. The van der Waals surface area contributed by atoms with Gasteiger partial charge in [-0.15, -0.1) is 0 Å². The molecular formula is C20H21N3O6S. The van der Waals surface area contributed by atoms with Gasteiger partial charge in [0.1, 0.15) is 0 Å². The van der Waals surface area contributed by atoms with Crippen LogP contribution in [0.2, 0.25) is 0 Å². The van der Waals surface area contributed by atoms with Gasteiger partial charge in [-0.25, -0.2) is 8.42 Å². The van der Waals surface area contributed by atoms with Crippen molar-refractivity contribution in [1.29, 1.82) is 0 Å². The quantitative estimate of drug-likeness (QED) is 0.716. The molecule has 0 saturated carbocycles. The highest BCUT2D eigenvalue weighted by Crippen LogP contribution is 2.37. The number of nitrogens with one attached hydrogen (secondary N) is 2. The zero-order valence-electron chi connectivity index (χ0n) is 16.3. The maximum Gasteiger partial charge on any atom is 0.231 e. The Balaban J connectivity index is 1.40. The summed E-state index contributed by atoms with van der Waals surface area (Å²) in [7, 11) is -3.44. The minimum absolute atomic E-state index is 0.101. The number of carbonyl (C=O) groups is 2. The first kappa shape index (κ1) is 20.0. The number of hydrogen-bond donors (Lipinski definition) is 2. The number of benzene rings is 2. The molecule has 0 radical (unpaired) electrons. The van der Waals surface area contributed by atoms with E-state index in [1.807, 2.05) is 0 Å². The minimum atomic E-state index is -3.44. The van der Waals surface area contributed by atoms with Crippen molar-refractivity contribution >= 4 is 33.2 Å². The van der Waals surface area contributed by atoms with Crippen LogP contribution in [0.1, 0.15) is 12.0 Å². The topological polar surface area (TPSA) is 114 Å². The molecule has 2 aliphatic rings. The van der Waals surface area contributed by atoms with E-state index >= 15 is 0 Å². The van der Waals surface area contributed by atoms with Crippen LogP contribution in [0.25, 0.3) is 0 Å². The lowest BCUT2D eigenvalue weighted by Gasteiger charge is -2.17. The molecule has 0 aliphatic carbocycles. The van der Waals surface area contributed by atoms with E-state index in [-0.39, 0.29) is 38.1 Å². The van der Waals surface area contributed by atoms with Crippen LogP contribution in [-0.2, 0) is 26.2 Å². The van der Waals surface area contributed by atoms with Gasteiger partial charge >= 0.3 is 0 Å². The average molecular weight is 431 g/mol. The molecule has 2 aromatic rings. The monoisotopic (exact) mass is 431 g/mol. The smallest absolute Gasteiger partial charge is 0.231 e. The van der Waals surface area contributed by atoms with Crippen molar-refractivity contribution < 1.29 is 27.5 Å². The summed E-state index contributed by atoms with van der Waals surface area (Å²) in [5.74, 6) is 0.288. The molecule has 1 atom stereocenters. The van der Waals surface area contributed by atoms with E-state index in [1.165, 1.54) is 0 Å². The third-order valence-electron chi connectivity index (χ3n) is 4.93. The second-order valence-electron chi connectivity index (χ2n) is 7.19. The van der Waals surface area contributed by atoms with E-state index in [2.05, 4.69) is 10.0 Å². The number of fused-ring (bicyclic) bond motifs is 1. The normalized spacial score (nSPS) is 17.8. The van der Waals surface area contributed by atoms with Gasteiger partial charge in [-0.3, -0.25) is 14.3 Å². The zero-order valence-corrected chi connectivity index (χ0v) is 17.1. The number of rotatable bonds is 6. The molecule has 2 aromatic carbocycles. The van der Waals surface area contributed by atoms with E-state index in [4.69, 9.17) is 9.47 Å². The van der Waals surface area contributed by atoms with Crippen molar-refractivity contribution in [2.45, 2.75) is 13.0 Å². The summed E-state index contributed by atoms with van der Waals surface area (Å²) in [5, 5.41) is 2.80. The number of para-hydroxylation sites is 1. The summed E-state index contributed by atoms with van der Waals surface area (Å²) in [5.41, 5.74) is 1.69. The lowest BCUT2D eigenvalue weighted by molar-refractivity contribution is -0.126. The Kier molecular flexibility index (Phi) is 5.25. The zero-order chi connectivity index (χ0) is 21.3. The fraction of sp³-hybridized carbons (Fsp3) is 0.300. The van der Waals surface area contributed by atoms with Crippen molar-refractivity contribution in [3.63, 3.8) is 0 Å². The Morgan fingerprint density at radius 2 is 1.93 bits per heavy atom. The van der Waals surface area contributed by atoms with E-state index in [0.717, 1.165) is 6.26 Å². The molecule has 158 valence electrons. The molecule has 0 bridgehead atoms. The lowest BCUT2D eigenvalue weighted by Crippen LogP contribution is -2.32. The third kappa shape index (κ3) is 4.33. The molecule has 2 N–H and O–H groups in total. The Labute approximate surface area is 174 Å². The maximum absolute atomic E-state index is 12.7. The summed E-state index contributed by atoms with van der Waals surface area (Å²) < 4.78 is 36.1. The van der Waals surface area contributed by atoms with E-state index in [0.29, 0.717) is 28.4 Å². The molecule has 1 fully saturated rings. The first-order chi connectivity index (χ1) is 14.3. The Bertz CT molecular complexity index is 1100. The van der Waals surface area contributed by atoms with Gasteiger partial charge < -0.3 is 19.7 Å². The molecule has 0 aromatic heterocycles. The van der Waals surface area contributed by atoms with Crippen LogP contribution in [0.4, 0.5) is 11.4 Å². The molecule has 2 amide bonds. The largest absolute Gasteiger partial charge is 0.454 e. The lowest BCUT2D eigenvalue weighted by atomic mass is 10.1. The van der Waals surface area contributed by atoms with Crippen LogP contribution in [-0.4, -0.2) is 39.8 Å². The number of hydrogen-bond acceptors (Lipinski definition) is 6. The Morgan fingerprint density at radius 1 is 1.17 bits per heavy atom. The predicted molar refractivity (Wildman–Crippen MR) is 110 cm³/mol. The highest BCUT2D eigenvalue weighted by Gasteiger charge is 2.35. The molecule has 1 saturated heterocycles. The van der Waals surface area contributed by atoms with E-state index in [9.17, 15) is 18.0 Å². The van der Waals surface area contributed by atoms with Gasteiger partial charge in [0, 0.05) is 31.3 Å². The van der Waals surface area contributed by atoms with Crippen molar-refractivity contribution in [2.24, 2.45) is 5.92 Å². The van der Waals surface area contributed by atoms with Crippen molar-refractivity contribution in [1.82, 2.24) is 5.32 Å². The summed E-state index contributed by atoms with van der Waals surface area (Å²) in [6, 6.07) is 12.1. The van der Waals surface area contributed by atoms with Gasteiger partial charge in [0.05, 0.1) is 17.9 Å². The van der Waals surface area contributed by atoms with Crippen molar-refractivity contribution in [3.05, 3.63) is 48.0 Å². The molecule has 0 spiro atoms. The molecule has 1 unspecified atom stereocenters. The first-order valence-corrected chi connectivity index (χ1v) is 11.2. The molecule has 4 rings (SSSR count). The van der Waals surface area contributed by atoms with Gasteiger partial charge in [-0.05, 0) is 23.8 Å². The van der Waals surface area contributed by atoms with Gasteiger partial charge in [0.25, 0.3) is 0 Å². The Hall–Kier alpha value is -3.27. The molecule has 30 heavy (non-hydrogen) atoms. The second-order valence-corrected chi connectivity index (χ2v) is 8.94. The van der Waals surface area contributed by atoms with Crippen LogP contribution in [0.5, 0.6) is 11.5 Å². The van der Waals surface area contributed by atoms with Gasteiger partial charge in [-0.2, -0.15) is 0 Å². The number of anilines is 2. The van der Waals surface area contributed by atoms with E-state index in [1.54, 1.807) is 47.4 Å². The number of carbonyl (C=O) groups excluding carboxylic acids is 2. The first-order valence-electron chi connectivity index (χ1n) is 9.33. The molecule has 10 heteroatoms. The van der Waals surface area contributed by atoms with Crippen LogP contribution in [0.3, 0.4) is 0 Å². The fourth-order valence-electron chi connectivity index (χ4n) is 3.49. The maximum atomic E-state index is 12.7. The van der Waals surface area contributed by atoms with Crippen LogP contribution < -0.4 is 24.4 Å². The highest BCUT2D eigenvalue weighted by atomic mass is 32.2. The molecular weight excluding hydrogens is 410 g/mol. The van der Waals surface area contributed by atoms with Crippen molar-refractivity contribution in [2.75, 3.05) is 29.2 Å². The summed E-state index contributed by atoms with van der Waals surface area (Å²) in [6.45, 7) is 0.549. The van der Waals surface area contributed by atoms with Gasteiger partial charge in [0.15, 0.2) is 11.5 Å². The molecule has 2 heterocycles. The standard InChI is InChI=1S/C20H21N3O6S/c1-30(26,27)22-16-5-3-2-4-13(16)10-21-20(25)14-8-19(24)23(11-14)15-6-7-17-18(9-15)29-12-28-17/h2-7,9,14,22H,8,10-12H2,1H3,(H,21,25). The average Bonchev–Trinajstić information content (AvgIpc) is 3.31. The number of nitrogens with zero attached hydrogens (tertiary/aromatic N) is 1. The van der Waals surface area contributed by atoms with Crippen molar-refractivity contribution in [3.8, 4) is 11.5 Å². The summed E-state index contributed by atoms with van der Waals surface area (Å²) in [6.07, 6.45) is 1.17. The number of ether oxygens (including phenoxy) is 2. The van der Waals surface area contributed by atoms with Crippen LogP contribution in [0.15, 0.2) is 42.5 Å². The predicted octanol–water partition coefficient (Wildman–Crippen LogP) is 1.46. The third-order valence-corrected chi connectivity index (χ3v) is 5.52. The van der Waals surface area contributed by atoms with Crippen LogP contribution in [0, 0.1) is 5.92 Å². The van der Waals surface area contributed by atoms with Gasteiger partial charge in [0.2, 0.25) is 28.6 Å². The summed E-state index contributed by atoms with van der Waals surface area (Å²) >= 11 is 0. The molecule has 9 nitrogen and oxygen atoms in total. The number of sulfonamides is 1.